The van der Waals surface area contributed by atoms with Gasteiger partial charge in [0.15, 0.2) is 5.84 Å². The molecule has 1 aromatic carbocycles. The van der Waals surface area contributed by atoms with Crippen molar-refractivity contribution in [2.45, 2.75) is 25.4 Å². The molecule has 0 bridgehead atoms. The quantitative estimate of drug-likeness (QED) is 0.339. The minimum Gasteiger partial charge on any atom is -0.409 e. The molecule has 0 aromatic heterocycles. The lowest BCUT2D eigenvalue weighted by molar-refractivity contribution is -0.133. The van der Waals surface area contributed by atoms with Crippen LogP contribution in [0, 0.1) is 0 Å². The molecule has 1 saturated heterocycles. The zero-order valence-electron chi connectivity index (χ0n) is 11.0. The molecule has 4 N–H and O–H groups in total. The molecule has 1 fully saturated rings. The van der Waals surface area contributed by atoms with Gasteiger partial charge in [0.05, 0.1) is 5.69 Å². The van der Waals surface area contributed by atoms with Gasteiger partial charge in [-0.2, -0.15) is 0 Å². The van der Waals surface area contributed by atoms with E-state index >= 15 is 0 Å². The number of ether oxygens (including phenoxy) is 1. The van der Waals surface area contributed by atoms with Crippen LogP contribution in [0.4, 0.5) is 5.69 Å². The maximum Gasteiger partial charge on any atom is 0.256 e. The van der Waals surface area contributed by atoms with Gasteiger partial charge in [0.2, 0.25) is 0 Å². The predicted molar refractivity (Wildman–Crippen MR) is 78.9 cm³/mol. The first-order valence-electron chi connectivity index (χ1n) is 6.19. The minimum absolute atomic E-state index is 0.0703. The number of oxime groups is 1. The average Bonchev–Trinajstić information content (AvgIpc) is 2.88. The molecule has 1 atom stereocenters. The van der Waals surface area contributed by atoms with E-state index in [4.69, 9.17) is 15.7 Å². The Labute approximate surface area is 125 Å². The molecule has 7 heteroatoms. The Hall–Kier alpha value is -1.60. The monoisotopic (exact) mass is 341 g/mol. The first kappa shape index (κ1) is 14.8. The van der Waals surface area contributed by atoms with Crippen LogP contribution in [0.15, 0.2) is 27.8 Å². The summed E-state index contributed by atoms with van der Waals surface area (Å²) in [4.78, 5) is 12.3. The number of rotatable bonds is 3. The van der Waals surface area contributed by atoms with Gasteiger partial charge in [-0.05, 0) is 38.0 Å². The summed E-state index contributed by atoms with van der Waals surface area (Å²) in [6, 6.07) is 5.12. The third-order valence-electron chi connectivity index (χ3n) is 3.31. The van der Waals surface area contributed by atoms with Crippen molar-refractivity contribution in [3.8, 4) is 0 Å². The van der Waals surface area contributed by atoms with Crippen LogP contribution in [-0.2, 0) is 9.53 Å². The molecule has 1 heterocycles. The Bertz CT molecular complexity index is 554. The molecule has 1 aliphatic rings. The standard InChI is InChI=1S/C13H16BrN3O3/c1-13(5-2-6-20-13)12(18)16-10-4-3-8(14)7-9(10)11(15)17-19/h3-4,7,19H,2,5-6H2,1H3,(H2,15,17)(H,16,18). The SMILES string of the molecule is CC1(C(=O)Nc2ccc(Br)cc2/C(N)=N/O)CCCO1. The largest absolute Gasteiger partial charge is 0.409 e. The highest BCUT2D eigenvalue weighted by Gasteiger charge is 2.38. The van der Waals surface area contributed by atoms with Crippen molar-refractivity contribution in [3.05, 3.63) is 28.2 Å². The van der Waals surface area contributed by atoms with Crippen LogP contribution in [-0.4, -0.2) is 29.2 Å². The second-order valence-electron chi connectivity index (χ2n) is 4.81. The van der Waals surface area contributed by atoms with Crippen LogP contribution >= 0.6 is 15.9 Å². The number of carbonyl (C=O) groups excluding carboxylic acids is 1. The summed E-state index contributed by atoms with van der Waals surface area (Å²) in [5.41, 5.74) is 5.72. The average molecular weight is 342 g/mol. The van der Waals surface area contributed by atoms with E-state index in [0.29, 0.717) is 24.3 Å². The predicted octanol–water partition coefficient (Wildman–Crippen LogP) is 2.05. The van der Waals surface area contributed by atoms with Gasteiger partial charge in [0.1, 0.15) is 5.60 Å². The first-order valence-corrected chi connectivity index (χ1v) is 6.98. The molecule has 0 spiro atoms. The molecule has 6 nitrogen and oxygen atoms in total. The lowest BCUT2D eigenvalue weighted by Crippen LogP contribution is -2.39. The molecular formula is C13H16BrN3O3. The topological polar surface area (TPSA) is 96.9 Å². The summed E-state index contributed by atoms with van der Waals surface area (Å²) in [5.74, 6) is -0.302. The molecular weight excluding hydrogens is 326 g/mol. The number of amides is 1. The van der Waals surface area contributed by atoms with E-state index in [1.54, 1.807) is 25.1 Å². The lowest BCUT2D eigenvalue weighted by atomic mass is 10.0. The summed E-state index contributed by atoms with van der Waals surface area (Å²) >= 11 is 3.31. The van der Waals surface area contributed by atoms with Gasteiger partial charge >= 0.3 is 0 Å². The van der Waals surface area contributed by atoms with E-state index in [0.717, 1.165) is 10.9 Å². The van der Waals surface area contributed by atoms with Gasteiger partial charge in [-0.3, -0.25) is 4.79 Å². The van der Waals surface area contributed by atoms with Crippen molar-refractivity contribution in [1.82, 2.24) is 0 Å². The molecule has 0 aliphatic carbocycles. The second-order valence-corrected chi connectivity index (χ2v) is 5.73. The zero-order valence-corrected chi connectivity index (χ0v) is 12.6. The van der Waals surface area contributed by atoms with Gasteiger partial charge in [-0.1, -0.05) is 21.1 Å². The number of benzene rings is 1. The van der Waals surface area contributed by atoms with E-state index in [2.05, 4.69) is 26.4 Å². The number of hydrogen-bond donors (Lipinski definition) is 3. The van der Waals surface area contributed by atoms with Gasteiger partial charge in [0, 0.05) is 16.6 Å². The van der Waals surface area contributed by atoms with E-state index in [1.165, 1.54) is 0 Å². The zero-order chi connectivity index (χ0) is 14.8. The third kappa shape index (κ3) is 2.94. The molecule has 2 rings (SSSR count). The van der Waals surface area contributed by atoms with Crippen molar-refractivity contribution >= 4 is 33.4 Å². The Morgan fingerprint density at radius 3 is 2.95 bits per heavy atom. The number of amidine groups is 1. The first-order chi connectivity index (χ1) is 9.46. The van der Waals surface area contributed by atoms with Crippen LogP contribution in [0.2, 0.25) is 0 Å². The van der Waals surface area contributed by atoms with E-state index in [-0.39, 0.29) is 11.7 Å². The number of nitrogens with one attached hydrogen (secondary N) is 1. The highest BCUT2D eigenvalue weighted by atomic mass is 79.9. The van der Waals surface area contributed by atoms with Crippen molar-refractivity contribution in [1.29, 1.82) is 0 Å². The third-order valence-corrected chi connectivity index (χ3v) is 3.81. The number of nitrogens with zero attached hydrogens (tertiary/aromatic N) is 1. The van der Waals surface area contributed by atoms with Gasteiger partial charge in [0.25, 0.3) is 5.91 Å². The van der Waals surface area contributed by atoms with Crippen LogP contribution in [0.25, 0.3) is 0 Å². The van der Waals surface area contributed by atoms with E-state index in [1.807, 2.05) is 0 Å². The molecule has 0 saturated carbocycles. The molecule has 1 unspecified atom stereocenters. The van der Waals surface area contributed by atoms with E-state index < -0.39 is 5.60 Å². The Kier molecular flexibility index (Phi) is 4.29. The fraction of sp³-hybridized carbons (Fsp3) is 0.385. The fourth-order valence-electron chi connectivity index (χ4n) is 2.10. The summed E-state index contributed by atoms with van der Waals surface area (Å²) < 4.78 is 6.26. The van der Waals surface area contributed by atoms with Crippen LogP contribution in [0.5, 0.6) is 0 Å². The van der Waals surface area contributed by atoms with Crippen LogP contribution in [0.3, 0.4) is 0 Å². The van der Waals surface area contributed by atoms with Gasteiger partial charge in [-0.25, -0.2) is 0 Å². The number of halogens is 1. The number of anilines is 1. The Morgan fingerprint density at radius 2 is 2.35 bits per heavy atom. The van der Waals surface area contributed by atoms with Gasteiger partial charge in [-0.15, -0.1) is 0 Å². The normalized spacial score (nSPS) is 22.8. The highest BCUT2D eigenvalue weighted by molar-refractivity contribution is 9.10. The summed E-state index contributed by atoms with van der Waals surface area (Å²) in [5, 5.41) is 14.6. The molecule has 108 valence electrons. The number of nitrogens with two attached hydrogens (primary N) is 1. The van der Waals surface area contributed by atoms with Gasteiger partial charge < -0.3 is 21.0 Å². The van der Waals surface area contributed by atoms with Crippen molar-refractivity contribution < 1.29 is 14.7 Å². The Morgan fingerprint density at radius 1 is 1.60 bits per heavy atom. The van der Waals surface area contributed by atoms with Crippen molar-refractivity contribution in [2.75, 3.05) is 11.9 Å². The van der Waals surface area contributed by atoms with Crippen molar-refractivity contribution in [3.63, 3.8) is 0 Å². The molecule has 1 aliphatic heterocycles. The van der Waals surface area contributed by atoms with Crippen molar-refractivity contribution in [2.24, 2.45) is 10.9 Å². The maximum absolute atomic E-state index is 12.3. The molecule has 0 radical (unpaired) electrons. The highest BCUT2D eigenvalue weighted by Crippen LogP contribution is 2.28. The molecule has 20 heavy (non-hydrogen) atoms. The van der Waals surface area contributed by atoms with Crippen LogP contribution in [0.1, 0.15) is 25.3 Å². The fourth-order valence-corrected chi connectivity index (χ4v) is 2.47. The summed E-state index contributed by atoms with van der Waals surface area (Å²) in [6.45, 7) is 2.34. The number of hydrogen-bond acceptors (Lipinski definition) is 4. The smallest absolute Gasteiger partial charge is 0.256 e. The number of carbonyl (C=O) groups is 1. The molecule has 1 aromatic rings. The summed E-state index contributed by atoms with van der Waals surface area (Å²) in [7, 11) is 0. The van der Waals surface area contributed by atoms with E-state index in [9.17, 15) is 4.79 Å². The Balaban J connectivity index is 2.27. The molecule has 1 amide bonds. The lowest BCUT2D eigenvalue weighted by Gasteiger charge is -2.22. The second kappa shape index (κ2) is 5.80. The maximum atomic E-state index is 12.3. The minimum atomic E-state index is -0.824. The summed E-state index contributed by atoms with van der Waals surface area (Å²) in [6.07, 6.45) is 1.53. The van der Waals surface area contributed by atoms with Crippen LogP contribution < -0.4 is 11.1 Å².